The predicted molar refractivity (Wildman–Crippen MR) is 79.5 cm³/mol. The Kier molecular flexibility index (Phi) is 5.59. The molecule has 0 amide bonds. The van der Waals surface area contributed by atoms with Gasteiger partial charge in [-0.05, 0) is 31.4 Å². The Hall–Kier alpha value is -1.15. The lowest BCUT2D eigenvalue weighted by atomic mass is 9.83. The highest BCUT2D eigenvalue weighted by Gasteiger charge is 2.17. The number of likely N-dealkylation sites (N-methyl/N-ethyl adjacent to an activating group) is 1. The van der Waals surface area contributed by atoms with Gasteiger partial charge in [0.1, 0.15) is 5.82 Å². The summed E-state index contributed by atoms with van der Waals surface area (Å²) < 4.78 is 13.8. The van der Waals surface area contributed by atoms with E-state index in [2.05, 4.69) is 18.3 Å². The molecule has 0 atom stereocenters. The molecule has 19 heavy (non-hydrogen) atoms. The molecule has 0 saturated heterocycles. The van der Waals surface area contributed by atoms with Gasteiger partial charge in [-0.1, -0.05) is 56.0 Å². The second-order valence-corrected chi connectivity index (χ2v) is 5.36. The molecule has 0 aromatic heterocycles. The molecule has 1 aliphatic carbocycles. The maximum atomic E-state index is 13.8. The van der Waals surface area contributed by atoms with Gasteiger partial charge in [-0.25, -0.2) is 4.39 Å². The Labute approximate surface area is 115 Å². The molecule has 1 fully saturated rings. The molecule has 1 N–H and O–H groups in total. The largest absolute Gasteiger partial charge is 0.313 e. The van der Waals surface area contributed by atoms with Gasteiger partial charge in [0.15, 0.2) is 0 Å². The molecule has 0 spiro atoms. The number of hydrogen-bond acceptors (Lipinski definition) is 1. The lowest BCUT2D eigenvalue weighted by molar-refractivity contribution is 0.397. The van der Waals surface area contributed by atoms with E-state index < -0.39 is 0 Å². The third kappa shape index (κ3) is 4.17. The molecule has 2 heteroatoms. The number of benzene rings is 1. The average Bonchev–Trinajstić information content (AvgIpc) is 2.46. The summed E-state index contributed by atoms with van der Waals surface area (Å²) in [5.41, 5.74) is 2.09. The molecule has 0 aliphatic heterocycles. The van der Waals surface area contributed by atoms with E-state index in [-0.39, 0.29) is 5.82 Å². The Morgan fingerprint density at radius 3 is 2.68 bits per heavy atom. The quantitative estimate of drug-likeness (QED) is 0.828. The number of nitrogens with one attached hydrogen (secondary N) is 1. The lowest BCUT2D eigenvalue weighted by Gasteiger charge is -2.25. The molecule has 1 aromatic rings. The van der Waals surface area contributed by atoms with Gasteiger partial charge in [0.05, 0.1) is 0 Å². The second kappa shape index (κ2) is 7.44. The van der Waals surface area contributed by atoms with Gasteiger partial charge in [-0.15, -0.1) is 0 Å². The van der Waals surface area contributed by atoms with Gasteiger partial charge in [-0.2, -0.15) is 0 Å². The Morgan fingerprint density at radius 1 is 1.26 bits per heavy atom. The molecule has 0 radical (unpaired) electrons. The minimum atomic E-state index is -0.118. The van der Waals surface area contributed by atoms with E-state index in [1.807, 2.05) is 12.1 Å². The summed E-state index contributed by atoms with van der Waals surface area (Å²) in [5.74, 6) is 0.514. The molecule has 0 bridgehead atoms. The van der Waals surface area contributed by atoms with Crippen molar-refractivity contribution in [3.8, 4) is 0 Å². The molecule has 1 nitrogen and oxygen atoms in total. The van der Waals surface area contributed by atoms with Crippen molar-refractivity contribution in [2.24, 2.45) is 5.92 Å². The fourth-order valence-electron chi connectivity index (χ4n) is 2.85. The third-order valence-electron chi connectivity index (χ3n) is 3.95. The van der Waals surface area contributed by atoms with Crippen molar-refractivity contribution in [2.45, 2.75) is 39.0 Å². The van der Waals surface area contributed by atoms with Crippen LogP contribution in [0.5, 0.6) is 0 Å². The first-order chi connectivity index (χ1) is 9.31. The Morgan fingerprint density at radius 2 is 2.00 bits per heavy atom. The van der Waals surface area contributed by atoms with E-state index in [9.17, 15) is 4.39 Å². The van der Waals surface area contributed by atoms with Crippen molar-refractivity contribution in [1.29, 1.82) is 0 Å². The van der Waals surface area contributed by atoms with Crippen molar-refractivity contribution in [3.05, 3.63) is 41.2 Å². The van der Waals surface area contributed by atoms with Crippen LogP contribution in [0.25, 0.3) is 6.08 Å². The van der Waals surface area contributed by atoms with Gasteiger partial charge in [-0.3, -0.25) is 0 Å². The second-order valence-electron chi connectivity index (χ2n) is 5.36. The smallest absolute Gasteiger partial charge is 0.130 e. The first kappa shape index (κ1) is 14.3. The molecule has 0 heterocycles. The van der Waals surface area contributed by atoms with Crippen LogP contribution in [0.1, 0.15) is 44.6 Å². The lowest BCUT2D eigenvalue weighted by Crippen LogP contribution is -2.22. The normalized spacial score (nSPS) is 17.7. The molecule has 0 unspecified atom stereocenters. The highest BCUT2D eigenvalue weighted by molar-refractivity contribution is 5.54. The van der Waals surface area contributed by atoms with Crippen LogP contribution in [0, 0.1) is 11.7 Å². The first-order valence-corrected chi connectivity index (χ1v) is 7.47. The van der Waals surface area contributed by atoms with E-state index >= 15 is 0 Å². The molecule has 1 saturated carbocycles. The summed E-state index contributed by atoms with van der Waals surface area (Å²) >= 11 is 0. The van der Waals surface area contributed by atoms with Crippen molar-refractivity contribution >= 4 is 6.08 Å². The molecule has 1 aliphatic rings. The average molecular weight is 261 g/mol. The molecular weight excluding hydrogens is 237 g/mol. The standard InChI is InChI=1S/C17H24FN/c1-2-19-13-16(14-8-4-3-5-9-14)12-15-10-6-7-11-17(15)18/h6-7,10-12,14,19H,2-5,8-9,13H2,1H3. The summed E-state index contributed by atoms with van der Waals surface area (Å²) in [6.45, 7) is 3.96. The van der Waals surface area contributed by atoms with Gasteiger partial charge in [0, 0.05) is 12.1 Å². The number of rotatable bonds is 5. The highest BCUT2D eigenvalue weighted by atomic mass is 19.1. The van der Waals surface area contributed by atoms with Crippen LogP contribution in [0.15, 0.2) is 29.8 Å². The maximum Gasteiger partial charge on any atom is 0.130 e. The fourth-order valence-corrected chi connectivity index (χ4v) is 2.85. The fraction of sp³-hybridized carbons (Fsp3) is 0.529. The van der Waals surface area contributed by atoms with Crippen LogP contribution in [0.2, 0.25) is 0 Å². The number of hydrogen-bond donors (Lipinski definition) is 1. The summed E-state index contributed by atoms with van der Waals surface area (Å²) in [7, 11) is 0. The predicted octanol–water partition coefficient (Wildman–Crippen LogP) is 4.40. The van der Waals surface area contributed by atoms with E-state index in [0.29, 0.717) is 5.92 Å². The van der Waals surface area contributed by atoms with Crippen molar-refractivity contribution in [3.63, 3.8) is 0 Å². The zero-order valence-electron chi connectivity index (χ0n) is 11.8. The topological polar surface area (TPSA) is 12.0 Å². The van der Waals surface area contributed by atoms with Gasteiger partial charge >= 0.3 is 0 Å². The SMILES string of the molecule is CCNCC(=Cc1ccccc1F)C1CCCCC1. The summed E-state index contributed by atoms with van der Waals surface area (Å²) in [6, 6.07) is 7.06. The number of halogens is 1. The highest BCUT2D eigenvalue weighted by Crippen LogP contribution is 2.30. The minimum absolute atomic E-state index is 0.118. The maximum absolute atomic E-state index is 13.8. The monoisotopic (exact) mass is 261 g/mol. The molecule has 104 valence electrons. The van der Waals surface area contributed by atoms with E-state index in [1.54, 1.807) is 6.07 Å². The summed E-state index contributed by atoms with van der Waals surface area (Å²) in [4.78, 5) is 0. The Bertz CT molecular complexity index is 419. The molecule has 1 aromatic carbocycles. The summed E-state index contributed by atoms with van der Waals surface area (Å²) in [6.07, 6.45) is 8.55. The minimum Gasteiger partial charge on any atom is -0.313 e. The van der Waals surface area contributed by atoms with Gasteiger partial charge in [0.2, 0.25) is 0 Å². The van der Waals surface area contributed by atoms with Crippen LogP contribution < -0.4 is 5.32 Å². The van der Waals surface area contributed by atoms with Crippen molar-refractivity contribution in [1.82, 2.24) is 5.32 Å². The first-order valence-electron chi connectivity index (χ1n) is 7.47. The molecule has 2 rings (SSSR count). The van der Waals surface area contributed by atoms with E-state index in [1.165, 1.54) is 43.7 Å². The third-order valence-corrected chi connectivity index (χ3v) is 3.95. The van der Waals surface area contributed by atoms with Crippen molar-refractivity contribution < 1.29 is 4.39 Å². The van der Waals surface area contributed by atoms with Gasteiger partial charge < -0.3 is 5.32 Å². The zero-order valence-corrected chi connectivity index (χ0v) is 11.8. The van der Waals surface area contributed by atoms with Crippen LogP contribution in [-0.4, -0.2) is 13.1 Å². The molecular formula is C17H24FN. The van der Waals surface area contributed by atoms with Crippen LogP contribution in [-0.2, 0) is 0 Å². The Balaban J connectivity index is 2.18. The summed E-state index contributed by atoms with van der Waals surface area (Å²) in [5, 5.41) is 3.39. The van der Waals surface area contributed by atoms with Crippen LogP contribution in [0.4, 0.5) is 4.39 Å². The van der Waals surface area contributed by atoms with Crippen LogP contribution in [0.3, 0.4) is 0 Å². The van der Waals surface area contributed by atoms with E-state index in [0.717, 1.165) is 18.7 Å². The van der Waals surface area contributed by atoms with E-state index in [4.69, 9.17) is 0 Å². The zero-order chi connectivity index (χ0) is 13.5. The van der Waals surface area contributed by atoms with Crippen molar-refractivity contribution in [2.75, 3.05) is 13.1 Å². The van der Waals surface area contributed by atoms with Crippen LogP contribution >= 0.6 is 0 Å². The van der Waals surface area contributed by atoms with Gasteiger partial charge in [0.25, 0.3) is 0 Å².